The van der Waals surface area contributed by atoms with Crippen molar-refractivity contribution in [2.45, 2.75) is 19.8 Å². The summed E-state index contributed by atoms with van der Waals surface area (Å²) in [5, 5.41) is 7.18. The molecule has 0 atom stereocenters. The van der Waals surface area contributed by atoms with Crippen LogP contribution in [0.25, 0.3) is 22.4 Å². The molecule has 3 rings (SSSR count). The minimum absolute atomic E-state index is 0.339. The van der Waals surface area contributed by atoms with Crippen LogP contribution in [0.1, 0.15) is 25.6 Å². The zero-order chi connectivity index (χ0) is 12.5. The number of rotatable bonds is 2. The molecule has 0 saturated carbocycles. The van der Waals surface area contributed by atoms with Crippen LogP contribution in [0.3, 0.4) is 0 Å². The van der Waals surface area contributed by atoms with Crippen LogP contribution < -0.4 is 0 Å². The maximum absolute atomic E-state index is 4.47. The highest BCUT2D eigenvalue weighted by Crippen LogP contribution is 2.20. The lowest BCUT2D eigenvalue weighted by Gasteiger charge is -1.98. The molecule has 0 aliphatic heterocycles. The largest absolute Gasteiger partial charge is 0.262 e. The van der Waals surface area contributed by atoms with E-state index in [2.05, 4.69) is 39.0 Å². The summed E-state index contributed by atoms with van der Waals surface area (Å²) >= 11 is 0. The summed E-state index contributed by atoms with van der Waals surface area (Å²) in [6, 6.07) is 5.85. The second-order valence-corrected chi connectivity index (χ2v) is 4.46. The Hall–Kier alpha value is -2.30. The molecule has 1 N–H and O–H groups in total. The molecule has 5 nitrogen and oxygen atoms in total. The Morgan fingerprint density at radius 2 is 1.83 bits per heavy atom. The van der Waals surface area contributed by atoms with Gasteiger partial charge < -0.3 is 0 Å². The fraction of sp³-hybridized carbons (Fsp3) is 0.231. The first-order chi connectivity index (χ1) is 8.74. The van der Waals surface area contributed by atoms with Crippen LogP contribution >= 0.6 is 0 Å². The maximum atomic E-state index is 4.47. The lowest BCUT2D eigenvalue weighted by Crippen LogP contribution is -1.89. The minimum Gasteiger partial charge on any atom is -0.262 e. The second kappa shape index (κ2) is 4.18. The Morgan fingerprint density at radius 1 is 1.06 bits per heavy atom. The molecule has 3 aromatic rings. The first kappa shape index (κ1) is 10.8. The van der Waals surface area contributed by atoms with Crippen molar-refractivity contribution in [3.63, 3.8) is 0 Å². The molecule has 0 aliphatic rings. The van der Waals surface area contributed by atoms with Crippen LogP contribution in [0.2, 0.25) is 0 Å². The highest BCUT2D eigenvalue weighted by atomic mass is 15.2. The molecule has 0 amide bonds. The van der Waals surface area contributed by atoms with E-state index in [0.717, 1.165) is 22.4 Å². The van der Waals surface area contributed by atoms with Gasteiger partial charge in [0.15, 0.2) is 5.82 Å². The number of hydrogen-bond acceptors (Lipinski definition) is 4. The molecule has 18 heavy (non-hydrogen) atoms. The normalized spacial score (nSPS) is 11.3. The molecule has 0 bridgehead atoms. The van der Waals surface area contributed by atoms with Crippen LogP contribution in [0.4, 0.5) is 0 Å². The van der Waals surface area contributed by atoms with Crippen molar-refractivity contribution >= 4 is 11.0 Å². The van der Waals surface area contributed by atoms with Gasteiger partial charge in [-0.25, -0.2) is 4.98 Å². The molecule has 2 heterocycles. The number of nitrogens with one attached hydrogen (secondary N) is 1. The molecule has 0 fully saturated rings. The van der Waals surface area contributed by atoms with Crippen LogP contribution in [-0.2, 0) is 0 Å². The number of aromatic amines is 1. The second-order valence-electron chi connectivity index (χ2n) is 4.46. The Kier molecular flexibility index (Phi) is 2.51. The average Bonchev–Trinajstić information content (AvgIpc) is 2.88. The molecular weight excluding hydrogens is 226 g/mol. The third-order valence-corrected chi connectivity index (χ3v) is 2.78. The van der Waals surface area contributed by atoms with Crippen molar-refractivity contribution < 1.29 is 0 Å². The van der Waals surface area contributed by atoms with E-state index in [-0.39, 0.29) is 0 Å². The Morgan fingerprint density at radius 3 is 2.56 bits per heavy atom. The topological polar surface area (TPSA) is 67.3 Å². The lowest BCUT2D eigenvalue weighted by atomic mass is 10.2. The summed E-state index contributed by atoms with van der Waals surface area (Å²) in [7, 11) is 0. The van der Waals surface area contributed by atoms with Gasteiger partial charge in [0, 0.05) is 23.9 Å². The van der Waals surface area contributed by atoms with Gasteiger partial charge in [0.05, 0.1) is 11.0 Å². The van der Waals surface area contributed by atoms with Gasteiger partial charge in [0.1, 0.15) is 5.82 Å². The van der Waals surface area contributed by atoms with E-state index in [0.29, 0.717) is 11.7 Å². The molecule has 0 radical (unpaired) electrons. The molecule has 1 aromatic carbocycles. The van der Waals surface area contributed by atoms with Gasteiger partial charge in [0.2, 0.25) is 0 Å². The first-order valence-electron chi connectivity index (χ1n) is 5.87. The van der Waals surface area contributed by atoms with E-state index in [9.17, 15) is 0 Å². The summed E-state index contributed by atoms with van der Waals surface area (Å²) in [6.07, 6.45) is 3.37. The standard InChI is InChI=1S/C13H13N5/c1-8(2)12-16-13(18-17-12)9-3-4-10-11(7-9)15-6-5-14-10/h3-8H,1-2H3,(H,16,17,18). The summed E-state index contributed by atoms with van der Waals surface area (Å²) in [5.41, 5.74) is 2.68. The van der Waals surface area contributed by atoms with Crippen LogP contribution in [0, 0.1) is 0 Å². The van der Waals surface area contributed by atoms with Crippen molar-refractivity contribution in [2.24, 2.45) is 0 Å². The number of fused-ring (bicyclic) bond motifs is 1. The van der Waals surface area contributed by atoms with E-state index in [1.54, 1.807) is 12.4 Å². The van der Waals surface area contributed by atoms with Gasteiger partial charge in [-0.3, -0.25) is 15.1 Å². The summed E-state index contributed by atoms with van der Waals surface area (Å²) < 4.78 is 0. The van der Waals surface area contributed by atoms with Crippen LogP contribution in [0.15, 0.2) is 30.6 Å². The van der Waals surface area contributed by atoms with Crippen molar-refractivity contribution in [3.8, 4) is 11.4 Å². The molecule has 0 saturated heterocycles. The fourth-order valence-corrected chi connectivity index (χ4v) is 1.76. The van der Waals surface area contributed by atoms with Gasteiger partial charge >= 0.3 is 0 Å². The Labute approximate surface area is 104 Å². The number of hydrogen-bond donors (Lipinski definition) is 1. The van der Waals surface area contributed by atoms with Gasteiger partial charge in [-0.2, -0.15) is 5.10 Å². The Balaban J connectivity index is 2.07. The summed E-state index contributed by atoms with van der Waals surface area (Å²) in [5.74, 6) is 1.93. The van der Waals surface area contributed by atoms with E-state index >= 15 is 0 Å². The monoisotopic (exact) mass is 239 g/mol. The predicted molar refractivity (Wildman–Crippen MR) is 69.0 cm³/mol. The predicted octanol–water partition coefficient (Wildman–Crippen LogP) is 2.54. The van der Waals surface area contributed by atoms with E-state index in [1.807, 2.05) is 18.2 Å². The number of aromatic nitrogens is 5. The van der Waals surface area contributed by atoms with Crippen molar-refractivity contribution in [1.82, 2.24) is 25.1 Å². The summed E-state index contributed by atoms with van der Waals surface area (Å²) in [4.78, 5) is 13.0. The van der Waals surface area contributed by atoms with Gasteiger partial charge in [-0.05, 0) is 18.2 Å². The third kappa shape index (κ3) is 1.84. The van der Waals surface area contributed by atoms with E-state index in [4.69, 9.17) is 0 Å². The molecule has 0 spiro atoms. The smallest absolute Gasteiger partial charge is 0.181 e. The van der Waals surface area contributed by atoms with Crippen LogP contribution in [-0.4, -0.2) is 25.1 Å². The first-order valence-corrected chi connectivity index (χ1v) is 5.87. The number of benzene rings is 1. The molecule has 90 valence electrons. The third-order valence-electron chi connectivity index (χ3n) is 2.78. The van der Waals surface area contributed by atoms with Crippen LogP contribution in [0.5, 0.6) is 0 Å². The number of nitrogens with zero attached hydrogens (tertiary/aromatic N) is 4. The lowest BCUT2D eigenvalue weighted by molar-refractivity contribution is 0.781. The molecular formula is C13H13N5. The Bertz CT molecular complexity index is 686. The quantitative estimate of drug-likeness (QED) is 0.746. The van der Waals surface area contributed by atoms with Gasteiger partial charge in [-0.15, -0.1) is 0 Å². The van der Waals surface area contributed by atoms with E-state index in [1.165, 1.54) is 0 Å². The van der Waals surface area contributed by atoms with Crippen molar-refractivity contribution in [3.05, 3.63) is 36.4 Å². The van der Waals surface area contributed by atoms with E-state index < -0.39 is 0 Å². The molecule has 2 aromatic heterocycles. The average molecular weight is 239 g/mol. The zero-order valence-electron chi connectivity index (χ0n) is 10.3. The zero-order valence-corrected chi connectivity index (χ0v) is 10.3. The summed E-state index contributed by atoms with van der Waals surface area (Å²) in [6.45, 7) is 4.16. The maximum Gasteiger partial charge on any atom is 0.181 e. The molecule has 0 unspecified atom stereocenters. The SMILES string of the molecule is CC(C)c1nc(-c2ccc3nccnc3c2)n[nH]1. The molecule has 5 heteroatoms. The highest BCUT2D eigenvalue weighted by Gasteiger charge is 2.09. The van der Waals surface area contributed by atoms with Crippen molar-refractivity contribution in [1.29, 1.82) is 0 Å². The minimum atomic E-state index is 0.339. The van der Waals surface area contributed by atoms with Crippen molar-refractivity contribution in [2.75, 3.05) is 0 Å². The fourth-order valence-electron chi connectivity index (χ4n) is 1.76. The highest BCUT2D eigenvalue weighted by molar-refractivity contribution is 5.79. The van der Waals surface area contributed by atoms with Gasteiger partial charge in [-0.1, -0.05) is 13.8 Å². The molecule has 0 aliphatic carbocycles. The number of H-pyrrole nitrogens is 1. The van der Waals surface area contributed by atoms with Gasteiger partial charge in [0.25, 0.3) is 0 Å².